The molecule has 2 N–H and O–H groups in total. The van der Waals surface area contributed by atoms with Crippen molar-refractivity contribution in [1.29, 1.82) is 0 Å². The van der Waals surface area contributed by atoms with Crippen LogP contribution in [0.4, 0.5) is 18.9 Å². The number of carbonyl (C=O) groups is 2. The molecule has 38 heavy (non-hydrogen) atoms. The summed E-state index contributed by atoms with van der Waals surface area (Å²) in [5.41, 5.74) is 1.31. The van der Waals surface area contributed by atoms with Gasteiger partial charge >= 0.3 is 12.1 Å². The molecule has 1 aromatic heterocycles. The number of carbonyl (C=O) groups excluding carboxylic acids is 2. The Balaban J connectivity index is 1.54. The fourth-order valence-electron chi connectivity index (χ4n) is 4.14. The Morgan fingerprint density at radius 2 is 1.95 bits per heavy atom. The number of nitrogens with zero attached hydrogens (tertiary/aromatic N) is 2. The van der Waals surface area contributed by atoms with Crippen LogP contribution in [-0.4, -0.2) is 46.4 Å². The number of piperidine rings is 1. The number of aromatic nitrogens is 2. The van der Waals surface area contributed by atoms with Gasteiger partial charge in [0.15, 0.2) is 0 Å². The summed E-state index contributed by atoms with van der Waals surface area (Å²) >= 11 is 0. The van der Waals surface area contributed by atoms with E-state index in [9.17, 15) is 22.8 Å². The number of hydrogen-bond acceptors (Lipinski definition) is 4. The third-order valence-electron chi connectivity index (χ3n) is 6.26. The molecule has 0 unspecified atom stereocenters. The van der Waals surface area contributed by atoms with E-state index in [0.29, 0.717) is 36.6 Å². The van der Waals surface area contributed by atoms with Gasteiger partial charge < -0.3 is 19.9 Å². The van der Waals surface area contributed by atoms with Crippen molar-refractivity contribution in [3.8, 4) is 29.0 Å². The summed E-state index contributed by atoms with van der Waals surface area (Å²) < 4.78 is 45.2. The largest absolute Gasteiger partial charge is 0.491 e. The molecular weight excluding hydrogens is 497 g/mol. The zero-order chi connectivity index (χ0) is 27.3. The van der Waals surface area contributed by atoms with E-state index < -0.39 is 17.8 Å². The quantitative estimate of drug-likeness (QED) is 0.459. The number of amides is 2. The monoisotopic (exact) mass is 524 g/mol. The third-order valence-corrected chi connectivity index (χ3v) is 6.26. The van der Waals surface area contributed by atoms with Crippen LogP contribution in [0.3, 0.4) is 0 Å². The highest BCUT2D eigenvalue weighted by Crippen LogP contribution is 2.33. The molecule has 1 fully saturated rings. The van der Waals surface area contributed by atoms with Crippen molar-refractivity contribution in [2.75, 3.05) is 25.0 Å². The SMILES string of the molecule is CC(=O)N1CCC(COc2ccc(-c3ncc(C(F)(F)F)[nH]3)cc2NC(=O)C#Cc2cccc(C)c2)CC1. The van der Waals surface area contributed by atoms with Crippen LogP contribution in [0.5, 0.6) is 5.75 Å². The lowest BCUT2D eigenvalue weighted by Gasteiger charge is -2.31. The normalized spacial score (nSPS) is 14.0. The number of likely N-dealkylation sites (tertiary alicyclic amines) is 1. The number of H-pyrrole nitrogens is 1. The van der Waals surface area contributed by atoms with Gasteiger partial charge in [-0.15, -0.1) is 0 Å². The Hall–Kier alpha value is -4.26. The van der Waals surface area contributed by atoms with Gasteiger partial charge in [0.2, 0.25) is 5.91 Å². The Morgan fingerprint density at radius 3 is 2.61 bits per heavy atom. The number of benzene rings is 2. The molecule has 2 heterocycles. The summed E-state index contributed by atoms with van der Waals surface area (Å²) in [6.45, 7) is 5.14. The fraction of sp³-hybridized carbons (Fsp3) is 0.321. The van der Waals surface area contributed by atoms with E-state index >= 15 is 0 Å². The molecular formula is C28H27F3N4O3. The Kier molecular flexibility index (Phi) is 8.05. The molecule has 4 rings (SSSR count). The number of aryl methyl sites for hydroxylation is 1. The van der Waals surface area contributed by atoms with E-state index in [1.807, 2.05) is 25.1 Å². The maximum atomic E-state index is 13.0. The predicted octanol–water partition coefficient (Wildman–Crippen LogP) is 5.03. The minimum Gasteiger partial charge on any atom is -0.491 e. The van der Waals surface area contributed by atoms with E-state index in [1.165, 1.54) is 6.07 Å². The second-order valence-corrected chi connectivity index (χ2v) is 9.19. The molecule has 10 heteroatoms. The van der Waals surface area contributed by atoms with Crippen molar-refractivity contribution < 1.29 is 27.5 Å². The van der Waals surface area contributed by atoms with Crippen molar-refractivity contribution in [2.45, 2.75) is 32.9 Å². The standard InChI is InChI=1S/C28H27F3N4O3/c1-18-4-3-5-20(14-18)6-9-26(37)33-23-15-22(27-32-16-25(34-27)28(29,30)31)7-8-24(23)38-17-21-10-12-35(13-11-21)19(2)36/h3-5,7-8,14-16,21H,10-13,17H2,1-2H3,(H,32,34)(H,33,37). The summed E-state index contributed by atoms with van der Waals surface area (Å²) in [6, 6.07) is 12.0. The number of halogens is 3. The first kappa shape index (κ1) is 26.8. The molecule has 2 aromatic carbocycles. The summed E-state index contributed by atoms with van der Waals surface area (Å²) in [7, 11) is 0. The molecule has 1 aliphatic heterocycles. The summed E-state index contributed by atoms with van der Waals surface area (Å²) in [5.74, 6) is 5.37. The van der Waals surface area contributed by atoms with Gasteiger partial charge in [0.1, 0.15) is 17.3 Å². The van der Waals surface area contributed by atoms with Crippen LogP contribution in [0, 0.1) is 24.7 Å². The van der Waals surface area contributed by atoms with Gasteiger partial charge in [-0.25, -0.2) is 4.98 Å². The molecule has 3 aromatic rings. The average Bonchev–Trinajstić information content (AvgIpc) is 3.38. The van der Waals surface area contributed by atoms with Gasteiger partial charge in [-0.2, -0.15) is 13.2 Å². The Labute approximate surface area is 218 Å². The minimum atomic E-state index is -4.56. The maximum absolute atomic E-state index is 13.0. The zero-order valence-electron chi connectivity index (χ0n) is 21.0. The lowest BCUT2D eigenvalue weighted by Crippen LogP contribution is -2.38. The molecule has 1 aliphatic rings. The Morgan fingerprint density at radius 1 is 1.18 bits per heavy atom. The Bertz CT molecular complexity index is 1380. The van der Waals surface area contributed by atoms with Gasteiger partial charge in [0.25, 0.3) is 0 Å². The molecule has 0 bridgehead atoms. The van der Waals surface area contributed by atoms with Crippen LogP contribution in [-0.2, 0) is 15.8 Å². The second kappa shape index (κ2) is 11.4. The highest BCUT2D eigenvalue weighted by Gasteiger charge is 2.33. The van der Waals surface area contributed by atoms with E-state index in [4.69, 9.17) is 4.74 Å². The van der Waals surface area contributed by atoms with Crippen LogP contribution in [0.25, 0.3) is 11.4 Å². The van der Waals surface area contributed by atoms with E-state index in [-0.39, 0.29) is 23.3 Å². The molecule has 198 valence electrons. The highest BCUT2D eigenvalue weighted by atomic mass is 19.4. The molecule has 7 nitrogen and oxygen atoms in total. The third kappa shape index (κ3) is 6.94. The highest BCUT2D eigenvalue weighted by molar-refractivity contribution is 6.05. The van der Waals surface area contributed by atoms with Gasteiger partial charge in [-0.05, 0) is 61.6 Å². The van der Waals surface area contributed by atoms with Crippen LogP contribution in [0.15, 0.2) is 48.7 Å². The van der Waals surface area contributed by atoms with Crippen molar-refractivity contribution in [2.24, 2.45) is 5.92 Å². The van der Waals surface area contributed by atoms with Crippen molar-refractivity contribution in [1.82, 2.24) is 14.9 Å². The fourth-order valence-corrected chi connectivity index (χ4v) is 4.14. The number of rotatable bonds is 5. The van der Waals surface area contributed by atoms with E-state index in [2.05, 4.69) is 27.1 Å². The van der Waals surface area contributed by atoms with Gasteiger partial charge in [-0.1, -0.05) is 18.1 Å². The van der Waals surface area contributed by atoms with Crippen LogP contribution in [0.2, 0.25) is 0 Å². The first-order valence-electron chi connectivity index (χ1n) is 12.1. The molecule has 0 atom stereocenters. The molecule has 2 amide bonds. The number of hydrogen-bond donors (Lipinski definition) is 2. The smallest absolute Gasteiger partial charge is 0.432 e. The van der Waals surface area contributed by atoms with Crippen molar-refractivity contribution in [3.05, 3.63) is 65.5 Å². The van der Waals surface area contributed by atoms with Gasteiger partial charge in [0, 0.05) is 37.1 Å². The minimum absolute atomic E-state index is 0.00169. The van der Waals surface area contributed by atoms with Gasteiger partial charge in [-0.3, -0.25) is 9.59 Å². The zero-order valence-corrected chi connectivity index (χ0v) is 21.0. The number of ether oxygens (including phenoxy) is 1. The van der Waals surface area contributed by atoms with E-state index in [0.717, 1.165) is 24.6 Å². The van der Waals surface area contributed by atoms with E-state index in [1.54, 1.807) is 30.0 Å². The van der Waals surface area contributed by atoms with Crippen LogP contribution >= 0.6 is 0 Å². The molecule has 0 radical (unpaired) electrons. The molecule has 0 aliphatic carbocycles. The van der Waals surface area contributed by atoms with Crippen molar-refractivity contribution in [3.63, 3.8) is 0 Å². The van der Waals surface area contributed by atoms with Gasteiger partial charge in [0.05, 0.1) is 18.5 Å². The lowest BCUT2D eigenvalue weighted by molar-refractivity contribution is -0.140. The first-order valence-corrected chi connectivity index (χ1v) is 12.1. The number of aromatic amines is 1. The average molecular weight is 525 g/mol. The lowest BCUT2D eigenvalue weighted by atomic mass is 9.98. The maximum Gasteiger partial charge on any atom is 0.432 e. The summed E-state index contributed by atoms with van der Waals surface area (Å²) in [6.07, 6.45) is -2.27. The van der Waals surface area contributed by atoms with Crippen LogP contribution in [0.1, 0.15) is 36.6 Å². The molecule has 0 saturated carbocycles. The molecule has 0 spiro atoms. The summed E-state index contributed by atoms with van der Waals surface area (Å²) in [5, 5.41) is 2.70. The first-order chi connectivity index (χ1) is 18.1. The number of imidazole rings is 1. The van der Waals surface area contributed by atoms with Crippen molar-refractivity contribution >= 4 is 17.5 Å². The topological polar surface area (TPSA) is 87.3 Å². The number of anilines is 1. The molecule has 1 saturated heterocycles. The predicted molar refractivity (Wildman–Crippen MR) is 136 cm³/mol. The number of nitrogens with one attached hydrogen (secondary N) is 2. The van der Waals surface area contributed by atoms with Crippen LogP contribution < -0.4 is 10.1 Å². The summed E-state index contributed by atoms with van der Waals surface area (Å²) in [4.78, 5) is 32.1. The second-order valence-electron chi connectivity index (χ2n) is 9.19. The number of alkyl halides is 3.